The predicted molar refractivity (Wildman–Crippen MR) is 104 cm³/mol. The molecule has 1 atom stereocenters. The van der Waals surface area contributed by atoms with Crippen LogP contribution in [0.15, 0.2) is 54.6 Å². The van der Waals surface area contributed by atoms with Gasteiger partial charge < -0.3 is 19.7 Å². The van der Waals surface area contributed by atoms with Gasteiger partial charge in [0.25, 0.3) is 11.8 Å². The number of carbonyl (C=O) groups excluding carboxylic acids is 2. The van der Waals surface area contributed by atoms with E-state index in [1.807, 2.05) is 43.3 Å². The molecule has 1 aliphatic rings. The van der Waals surface area contributed by atoms with Crippen LogP contribution in [0.25, 0.3) is 6.08 Å². The Morgan fingerprint density at radius 2 is 1.96 bits per heavy atom. The van der Waals surface area contributed by atoms with Crippen LogP contribution in [-0.2, 0) is 9.59 Å². The quantitative estimate of drug-likeness (QED) is 0.826. The second kappa shape index (κ2) is 8.40. The normalized spacial score (nSPS) is 15.8. The Balaban J connectivity index is 1.79. The van der Waals surface area contributed by atoms with Crippen molar-refractivity contribution < 1.29 is 19.1 Å². The van der Waals surface area contributed by atoms with E-state index in [-0.39, 0.29) is 18.4 Å². The molecule has 2 amide bonds. The molecule has 0 unspecified atom stereocenters. The van der Waals surface area contributed by atoms with E-state index < -0.39 is 6.10 Å². The van der Waals surface area contributed by atoms with Gasteiger partial charge in [0.15, 0.2) is 6.10 Å². The third kappa shape index (κ3) is 4.28. The molecule has 1 aliphatic heterocycles. The number of hydrogen-bond acceptors (Lipinski definition) is 4. The van der Waals surface area contributed by atoms with Gasteiger partial charge in [0.05, 0.1) is 18.8 Å². The van der Waals surface area contributed by atoms with Crippen LogP contribution in [0.4, 0.5) is 5.69 Å². The zero-order valence-corrected chi connectivity index (χ0v) is 15.3. The van der Waals surface area contributed by atoms with Crippen molar-refractivity contribution in [3.8, 4) is 11.5 Å². The summed E-state index contributed by atoms with van der Waals surface area (Å²) < 4.78 is 11.1. The Morgan fingerprint density at radius 1 is 1.22 bits per heavy atom. The van der Waals surface area contributed by atoms with Crippen LogP contribution >= 0.6 is 0 Å². The van der Waals surface area contributed by atoms with Crippen molar-refractivity contribution in [3.63, 3.8) is 0 Å². The fraction of sp³-hybridized carbons (Fsp3) is 0.238. The van der Waals surface area contributed by atoms with Crippen molar-refractivity contribution in [2.24, 2.45) is 0 Å². The Kier molecular flexibility index (Phi) is 5.76. The Hall–Kier alpha value is -3.28. The molecule has 2 aromatic carbocycles. The number of carbonyl (C=O) groups is 2. The molecule has 6 nitrogen and oxygen atoms in total. The van der Waals surface area contributed by atoms with Crippen LogP contribution in [0.5, 0.6) is 11.5 Å². The van der Waals surface area contributed by atoms with Crippen molar-refractivity contribution in [1.82, 2.24) is 5.32 Å². The van der Waals surface area contributed by atoms with Gasteiger partial charge in [0, 0.05) is 13.1 Å². The summed E-state index contributed by atoms with van der Waals surface area (Å²) in [6, 6.07) is 14.7. The summed E-state index contributed by atoms with van der Waals surface area (Å²) in [4.78, 5) is 26.4. The zero-order valence-electron chi connectivity index (χ0n) is 15.3. The van der Waals surface area contributed by atoms with Gasteiger partial charge in [-0.1, -0.05) is 24.3 Å². The molecular formula is C21H22N2O4. The first-order chi connectivity index (χ1) is 13.1. The minimum absolute atomic E-state index is 0.156. The molecule has 1 heterocycles. The summed E-state index contributed by atoms with van der Waals surface area (Å²) in [7, 11) is 1.55. The lowest BCUT2D eigenvalue weighted by atomic mass is 10.1. The first-order valence-corrected chi connectivity index (χ1v) is 8.82. The molecular weight excluding hydrogens is 344 g/mol. The van der Waals surface area contributed by atoms with E-state index in [0.717, 1.165) is 11.3 Å². The third-order valence-corrected chi connectivity index (χ3v) is 4.19. The lowest BCUT2D eigenvalue weighted by Crippen LogP contribution is -2.49. The maximum Gasteiger partial charge on any atom is 0.262 e. The van der Waals surface area contributed by atoms with Crippen LogP contribution in [0.1, 0.15) is 12.5 Å². The Morgan fingerprint density at radius 3 is 2.67 bits per heavy atom. The monoisotopic (exact) mass is 366 g/mol. The first kappa shape index (κ1) is 18.5. The van der Waals surface area contributed by atoms with Gasteiger partial charge in [-0.2, -0.15) is 0 Å². The third-order valence-electron chi connectivity index (χ3n) is 4.19. The topological polar surface area (TPSA) is 67.9 Å². The minimum Gasteiger partial charge on any atom is -0.494 e. The van der Waals surface area contributed by atoms with Crippen LogP contribution in [0.2, 0.25) is 0 Å². The minimum atomic E-state index is -0.743. The number of ether oxygens (including phenoxy) is 2. The van der Waals surface area contributed by atoms with Crippen molar-refractivity contribution in [3.05, 3.63) is 60.2 Å². The number of amides is 2. The molecule has 0 radical (unpaired) electrons. The van der Waals surface area contributed by atoms with E-state index >= 15 is 0 Å². The lowest BCUT2D eigenvalue weighted by Gasteiger charge is -2.33. The van der Waals surface area contributed by atoms with E-state index in [1.54, 1.807) is 30.2 Å². The number of para-hydroxylation sites is 2. The molecule has 0 aromatic heterocycles. The van der Waals surface area contributed by atoms with Gasteiger partial charge in [-0.15, -0.1) is 0 Å². The predicted octanol–water partition coefficient (Wildman–Crippen LogP) is 2.64. The molecule has 0 aliphatic carbocycles. The second-order valence-electron chi connectivity index (χ2n) is 5.97. The van der Waals surface area contributed by atoms with Crippen molar-refractivity contribution >= 4 is 23.6 Å². The molecule has 2 aromatic rings. The summed E-state index contributed by atoms with van der Waals surface area (Å²) >= 11 is 0. The van der Waals surface area contributed by atoms with E-state index in [0.29, 0.717) is 18.0 Å². The molecule has 0 saturated carbocycles. The molecule has 3 rings (SSSR count). The maximum absolute atomic E-state index is 12.8. The van der Waals surface area contributed by atoms with Gasteiger partial charge in [-0.25, -0.2) is 0 Å². The van der Waals surface area contributed by atoms with Crippen LogP contribution in [0, 0.1) is 0 Å². The lowest BCUT2D eigenvalue weighted by molar-refractivity contribution is -0.127. The number of nitrogens with zero attached hydrogens (tertiary/aromatic N) is 1. The fourth-order valence-electron chi connectivity index (χ4n) is 2.84. The van der Waals surface area contributed by atoms with Gasteiger partial charge in [-0.3, -0.25) is 9.59 Å². The summed E-state index contributed by atoms with van der Waals surface area (Å²) in [5.74, 6) is 0.822. The number of hydrogen-bond donors (Lipinski definition) is 1. The zero-order chi connectivity index (χ0) is 19.2. The number of benzene rings is 2. The Labute approximate surface area is 158 Å². The molecule has 27 heavy (non-hydrogen) atoms. The molecule has 0 saturated heterocycles. The first-order valence-electron chi connectivity index (χ1n) is 8.82. The van der Waals surface area contributed by atoms with E-state index in [1.165, 1.54) is 6.08 Å². The molecule has 0 spiro atoms. The maximum atomic E-state index is 12.8. The summed E-state index contributed by atoms with van der Waals surface area (Å²) in [6.45, 7) is 2.69. The summed E-state index contributed by atoms with van der Waals surface area (Å²) in [5.41, 5.74) is 1.54. The number of rotatable bonds is 5. The highest BCUT2D eigenvalue weighted by atomic mass is 16.5. The average Bonchev–Trinajstić information content (AvgIpc) is 2.71. The van der Waals surface area contributed by atoms with E-state index in [4.69, 9.17) is 9.47 Å². The highest BCUT2D eigenvalue weighted by Gasteiger charge is 2.32. The standard InChI is InChI=1S/C21H22N2O4/c1-3-26-16-11-8-15(9-12-16)10-13-20(24)23-14-19(21(25)22-2)27-18-7-5-4-6-17(18)23/h4-13,19H,3,14H2,1-2H3,(H,22,25)/b13-10+/t19-/m0/s1. The van der Waals surface area contributed by atoms with Crippen LogP contribution < -0.4 is 19.7 Å². The largest absolute Gasteiger partial charge is 0.494 e. The van der Waals surface area contributed by atoms with E-state index in [2.05, 4.69) is 5.32 Å². The highest BCUT2D eigenvalue weighted by molar-refractivity contribution is 6.05. The average molecular weight is 366 g/mol. The molecule has 0 fully saturated rings. The van der Waals surface area contributed by atoms with Crippen molar-refractivity contribution in [2.75, 3.05) is 25.1 Å². The molecule has 140 valence electrons. The molecule has 6 heteroatoms. The van der Waals surface area contributed by atoms with Crippen LogP contribution in [0.3, 0.4) is 0 Å². The Bertz CT molecular complexity index is 846. The van der Waals surface area contributed by atoms with Crippen molar-refractivity contribution in [1.29, 1.82) is 0 Å². The molecule has 1 N–H and O–H groups in total. The summed E-state index contributed by atoms with van der Waals surface area (Å²) in [5, 5.41) is 2.57. The van der Waals surface area contributed by atoms with E-state index in [9.17, 15) is 9.59 Å². The highest BCUT2D eigenvalue weighted by Crippen LogP contribution is 2.33. The van der Waals surface area contributed by atoms with Gasteiger partial charge in [0.2, 0.25) is 0 Å². The van der Waals surface area contributed by atoms with Crippen molar-refractivity contribution in [2.45, 2.75) is 13.0 Å². The number of fused-ring (bicyclic) bond motifs is 1. The van der Waals surface area contributed by atoms with Gasteiger partial charge in [-0.05, 0) is 42.8 Å². The second-order valence-corrected chi connectivity index (χ2v) is 5.97. The van der Waals surface area contributed by atoms with Gasteiger partial charge >= 0.3 is 0 Å². The van der Waals surface area contributed by atoms with Crippen LogP contribution in [-0.4, -0.2) is 38.1 Å². The number of nitrogens with one attached hydrogen (secondary N) is 1. The number of anilines is 1. The summed E-state index contributed by atoms with van der Waals surface area (Å²) in [6.07, 6.45) is 2.50. The number of likely N-dealkylation sites (N-methyl/N-ethyl adjacent to an activating group) is 1. The molecule has 0 bridgehead atoms. The van der Waals surface area contributed by atoms with Gasteiger partial charge in [0.1, 0.15) is 11.5 Å². The SMILES string of the molecule is CCOc1ccc(/C=C/C(=O)N2C[C@@H](C(=O)NC)Oc3ccccc32)cc1. The fourth-order valence-corrected chi connectivity index (χ4v) is 2.84. The smallest absolute Gasteiger partial charge is 0.262 e.